The first-order valence-electron chi connectivity index (χ1n) is 12.6. The number of carbonyl (C=O) groups excluding carboxylic acids is 1. The number of H-pyrrole nitrogens is 1. The zero-order valence-corrected chi connectivity index (χ0v) is 21.5. The molecule has 4 aromatic rings. The van der Waals surface area contributed by atoms with Gasteiger partial charge in [0.15, 0.2) is 0 Å². The summed E-state index contributed by atoms with van der Waals surface area (Å²) in [6, 6.07) is 12.0. The molecule has 5 rings (SSSR count). The lowest BCUT2D eigenvalue weighted by Crippen LogP contribution is -2.30. The van der Waals surface area contributed by atoms with Crippen LogP contribution in [0.15, 0.2) is 60.9 Å². The second kappa shape index (κ2) is 10.9. The van der Waals surface area contributed by atoms with Crippen LogP contribution in [-0.2, 0) is 0 Å². The Kier molecular flexibility index (Phi) is 7.28. The largest absolute Gasteiger partial charge is 0.495 e. The van der Waals surface area contributed by atoms with Crippen LogP contribution in [0.2, 0.25) is 0 Å². The summed E-state index contributed by atoms with van der Waals surface area (Å²) in [7, 11) is 1.67. The maximum atomic E-state index is 13.7. The molecule has 0 atom stereocenters. The van der Waals surface area contributed by atoms with Gasteiger partial charge >= 0.3 is 0 Å². The number of nitrogens with two attached hydrogens (primary N) is 1. The minimum Gasteiger partial charge on any atom is -0.495 e. The molecule has 5 N–H and O–H groups in total. The molecule has 0 bridgehead atoms. The molecule has 0 saturated carbocycles. The van der Waals surface area contributed by atoms with Crippen molar-refractivity contribution in [3.8, 4) is 5.75 Å². The van der Waals surface area contributed by atoms with Crippen LogP contribution >= 0.6 is 0 Å². The van der Waals surface area contributed by atoms with Gasteiger partial charge in [-0.05, 0) is 66.9 Å². The number of pyridine rings is 1. The van der Waals surface area contributed by atoms with E-state index in [0.29, 0.717) is 11.4 Å². The van der Waals surface area contributed by atoms with Crippen LogP contribution in [0.4, 0.5) is 27.3 Å². The molecule has 0 aliphatic carbocycles. The Hall–Kier alpha value is -4.37. The Morgan fingerprint density at radius 1 is 1.13 bits per heavy atom. The average molecular weight is 515 g/mol. The lowest BCUT2D eigenvalue weighted by Gasteiger charge is -2.27. The monoisotopic (exact) mass is 514 g/mol. The number of amides is 1. The normalized spacial score (nSPS) is 13.8. The fraction of sp³-hybridized carbons (Fsp3) is 0.241. The van der Waals surface area contributed by atoms with Crippen molar-refractivity contribution in [2.75, 3.05) is 37.4 Å². The van der Waals surface area contributed by atoms with Gasteiger partial charge in [0.2, 0.25) is 0 Å². The Balaban J connectivity index is 1.40. The van der Waals surface area contributed by atoms with Gasteiger partial charge in [0.25, 0.3) is 5.91 Å². The van der Waals surface area contributed by atoms with E-state index in [9.17, 15) is 9.18 Å². The van der Waals surface area contributed by atoms with E-state index in [4.69, 9.17) is 10.5 Å². The van der Waals surface area contributed by atoms with Crippen molar-refractivity contribution in [1.82, 2.24) is 14.9 Å². The molecule has 196 valence electrons. The Morgan fingerprint density at radius 2 is 1.97 bits per heavy atom. The second-order valence-corrected chi connectivity index (χ2v) is 9.34. The quantitative estimate of drug-likeness (QED) is 0.225. The molecule has 2 aromatic carbocycles. The van der Waals surface area contributed by atoms with Crippen LogP contribution in [0.1, 0.15) is 35.7 Å². The highest BCUT2D eigenvalue weighted by Crippen LogP contribution is 2.35. The molecule has 8 nitrogen and oxygen atoms in total. The van der Waals surface area contributed by atoms with Crippen LogP contribution in [0.3, 0.4) is 0 Å². The van der Waals surface area contributed by atoms with Gasteiger partial charge in [-0.15, -0.1) is 0 Å². The number of nitrogens with one attached hydrogen (secondary N) is 3. The molecule has 0 spiro atoms. The van der Waals surface area contributed by atoms with E-state index in [-0.39, 0.29) is 5.56 Å². The number of primary amides is 1. The van der Waals surface area contributed by atoms with Crippen LogP contribution in [0.25, 0.3) is 16.5 Å². The molecule has 0 fully saturated rings. The van der Waals surface area contributed by atoms with Gasteiger partial charge in [0.05, 0.1) is 47.6 Å². The number of hydrogen-bond donors (Lipinski definition) is 4. The number of aromatic nitrogens is 2. The smallest absolute Gasteiger partial charge is 0.250 e. The number of hydrogen-bond acceptors (Lipinski definition) is 6. The van der Waals surface area contributed by atoms with Crippen molar-refractivity contribution in [2.45, 2.75) is 19.8 Å². The Labute approximate surface area is 220 Å². The van der Waals surface area contributed by atoms with Crippen molar-refractivity contribution < 1.29 is 13.9 Å². The van der Waals surface area contributed by atoms with E-state index in [1.165, 1.54) is 17.7 Å². The summed E-state index contributed by atoms with van der Waals surface area (Å²) in [5.74, 6) is 0.221. The number of aromatic amines is 1. The average Bonchev–Trinajstić information content (AvgIpc) is 3.33. The summed E-state index contributed by atoms with van der Waals surface area (Å²) in [5, 5.41) is 7.41. The molecule has 38 heavy (non-hydrogen) atoms. The van der Waals surface area contributed by atoms with E-state index in [1.54, 1.807) is 19.5 Å². The number of fused-ring (bicyclic) bond motifs is 1. The second-order valence-electron chi connectivity index (χ2n) is 9.34. The van der Waals surface area contributed by atoms with Crippen molar-refractivity contribution in [2.24, 2.45) is 5.73 Å². The van der Waals surface area contributed by atoms with Gasteiger partial charge < -0.3 is 26.1 Å². The standard InChI is InChI=1S/C29H31FN6O2/c1-3-10-36-11-4-5-19(17-36)18-6-8-24(27(12-18)38-2)34-28-14-21-25(15-32-16-26(21)35-28)33-23-9-7-20(30)13-22(23)29(31)37/h5-9,12-16,33-35H,3-4,10-11,17H2,1-2H3,(H2,31,37). The highest BCUT2D eigenvalue weighted by atomic mass is 19.1. The number of carbonyl (C=O) groups is 1. The van der Waals surface area contributed by atoms with Gasteiger partial charge in [-0.25, -0.2) is 4.39 Å². The number of rotatable bonds is 9. The molecule has 1 amide bonds. The molecule has 0 saturated heterocycles. The van der Waals surface area contributed by atoms with E-state index < -0.39 is 11.7 Å². The first kappa shape index (κ1) is 25.3. The van der Waals surface area contributed by atoms with Crippen LogP contribution in [0.5, 0.6) is 5.75 Å². The first-order valence-corrected chi connectivity index (χ1v) is 12.6. The first-order chi connectivity index (χ1) is 18.4. The predicted molar refractivity (Wildman–Crippen MR) is 150 cm³/mol. The number of anilines is 4. The molecule has 1 aliphatic rings. The molecule has 1 aliphatic heterocycles. The third-order valence-corrected chi connectivity index (χ3v) is 6.67. The van der Waals surface area contributed by atoms with Gasteiger partial charge in [0.1, 0.15) is 17.4 Å². The summed E-state index contributed by atoms with van der Waals surface area (Å²) in [4.78, 5) is 21.9. The van der Waals surface area contributed by atoms with Crippen LogP contribution < -0.4 is 21.1 Å². The third kappa shape index (κ3) is 5.33. The van der Waals surface area contributed by atoms with Gasteiger partial charge in [0, 0.05) is 18.5 Å². The molecule has 2 aromatic heterocycles. The number of ether oxygens (including phenoxy) is 1. The third-order valence-electron chi connectivity index (χ3n) is 6.67. The molecule has 0 unspecified atom stereocenters. The minimum absolute atomic E-state index is 0.0617. The lowest BCUT2D eigenvalue weighted by atomic mass is 10.00. The maximum absolute atomic E-state index is 13.7. The number of methoxy groups -OCH3 is 1. The van der Waals surface area contributed by atoms with E-state index in [2.05, 4.69) is 50.6 Å². The van der Waals surface area contributed by atoms with Crippen molar-refractivity contribution >= 4 is 45.3 Å². The van der Waals surface area contributed by atoms with Gasteiger partial charge in [-0.1, -0.05) is 19.1 Å². The number of benzene rings is 2. The summed E-state index contributed by atoms with van der Waals surface area (Å²) in [5.41, 5.74) is 10.6. The Bertz CT molecular complexity index is 1510. The zero-order chi connectivity index (χ0) is 26.6. The molecule has 0 radical (unpaired) electrons. The summed E-state index contributed by atoms with van der Waals surface area (Å²) < 4.78 is 19.4. The lowest BCUT2D eigenvalue weighted by molar-refractivity contribution is 0.100. The van der Waals surface area contributed by atoms with Gasteiger partial charge in [-0.3, -0.25) is 14.7 Å². The Morgan fingerprint density at radius 3 is 2.76 bits per heavy atom. The highest BCUT2D eigenvalue weighted by molar-refractivity contribution is 6.02. The van der Waals surface area contributed by atoms with Crippen molar-refractivity contribution in [1.29, 1.82) is 0 Å². The fourth-order valence-electron chi connectivity index (χ4n) is 4.85. The summed E-state index contributed by atoms with van der Waals surface area (Å²) >= 11 is 0. The minimum atomic E-state index is -0.721. The zero-order valence-electron chi connectivity index (χ0n) is 21.5. The van der Waals surface area contributed by atoms with Crippen molar-refractivity contribution in [3.05, 3.63) is 77.9 Å². The summed E-state index contributed by atoms with van der Waals surface area (Å²) in [6.07, 6.45) is 7.87. The van der Waals surface area contributed by atoms with Crippen LogP contribution in [0, 0.1) is 5.82 Å². The van der Waals surface area contributed by atoms with Crippen LogP contribution in [-0.4, -0.2) is 47.5 Å². The van der Waals surface area contributed by atoms with E-state index in [1.807, 2.05) is 12.1 Å². The SMILES string of the molecule is CCCN1CCC=C(c2ccc(Nc3cc4c(Nc5ccc(F)cc5C(N)=O)cncc4[nH]3)c(OC)c2)C1. The molecular formula is C29H31FN6O2. The van der Waals surface area contributed by atoms with Crippen molar-refractivity contribution in [3.63, 3.8) is 0 Å². The number of halogens is 1. The van der Waals surface area contributed by atoms with Gasteiger partial charge in [-0.2, -0.15) is 0 Å². The maximum Gasteiger partial charge on any atom is 0.250 e. The predicted octanol–water partition coefficient (Wildman–Crippen LogP) is 5.80. The fourth-order valence-corrected chi connectivity index (χ4v) is 4.85. The molecular weight excluding hydrogens is 483 g/mol. The van der Waals surface area contributed by atoms with E-state index in [0.717, 1.165) is 72.3 Å². The molecule has 3 heterocycles. The number of nitrogens with zero attached hydrogens (tertiary/aromatic N) is 2. The summed E-state index contributed by atoms with van der Waals surface area (Å²) in [6.45, 7) is 5.36. The molecule has 9 heteroatoms. The topological polar surface area (TPSA) is 108 Å². The van der Waals surface area contributed by atoms with E-state index >= 15 is 0 Å². The highest BCUT2D eigenvalue weighted by Gasteiger charge is 2.16.